The minimum Gasteiger partial charge on any atom is -0.316 e. The largest absolute Gasteiger partial charge is 0.316 e. The predicted molar refractivity (Wildman–Crippen MR) is 58.6 cm³/mol. The molecular formula is C9H19N3O2S. The van der Waals surface area contributed by atoms with Gasteiger partial charge < -0.3 is 5.32 Å². The molecule has 1 aliphatic heterocycles. The van der Waals surface area contributed by atoms with E-state index in [0.29, 0.717) is 24.9 Å². The van der Waals surface area contributed by atoms with Crippen molar-refractivity contribution in [3.8, 4) is 0 Å². The lowest BCUT2D eigenvalue weighted by Crippen LogP contribution is -2.43. The molecule has 0 bridgehead atoms. The summed E-state index contributed by atoms with van der Waals surface area (Å²) in [6.07, 6.45) is 0. The molecule has 0 aromatic carbocycles. The summed E-state index contributed by atoms with van der Waals surface area (Å²) < 4.78 is 28.0. The van der Waals surface area contributed by atoms with Gasteiger partial charge >= 0.3 is 0 Å². The Balaban J connectivity index is 1.94. The average Bonchev–Trinajstić information content (AvgIpc) is 2.64. The first-order valence-electron chi connectivity index (χ1n) is 5.58. The van der Waals surface area contributed by atoms with E-state index in [1.807, 2.05) is 13.8 Å². The van der Waals surface area contributed by atoms with E-state index in [4.69, 9.17) is 0 Å². The van der Waals surface area contributed by atoms with Gasteiger partial charge in [0.05, 0.1) is 0 Å². The van der Waals surface area contributed by atoms with Gasteiger partial charge in [-0.1, -0.05) is 13.8 Å². The van der Waals surface area contributed by atoms with Crippen LogP contribution in [0.5, 0.6) is 0 Å². The van der Waals surface area contributed by atoms with Gasteiger partial charge in [0.25, 0.3) is 10.2 Å². The zero-order valence-electron chi connectivity index (χ0n) is 9.23. The maximum atomic E-state index is 11.9. The van der Waals surface area contributed by atoms with Crippen LogP contribution in [-0.4, -0.2) is 44.9 Å². The molecule has 2 atom stereocenters. The zero-order chi connectivity index (χ0) is 11.1. The number of nitrogens with one attached hydrogen (secondary N) is 2. The monoisotopic (exact) mass is 233 g/mol. The molecule has 2 unspecified atom stereocenters. The van der Waals surface area contributed by atoms with E-state index < -0.39 is 10.2 Å². The molecule has 1 aliphatic carbocycles. The molecule has 0 aromatic heterocycles. The standard InChI is InChI=1S/C9H19N3O2S/c1-3-12(4-2)15(13,14)11-9-7-5-10-6-8(7)9/h7-11H,3-6H2,1-2H3. The molecule has 0 amide bonds. The van der Waals surface area contributed by atoms with Gasteiger partial charge in [-0.2, -0.15) is 17.4 Å². The SMILES string of the molecule is CCN(CC)S(=O)(=O)NC1C2CNCC21. The van der Waals surface area contributed by atoms with Crippen molar-refractivity contribution in [3.05, 3.63) is 0 Å². The highest BCUT2D eigenvalue weighted by molar-refractivity contribution is 7.87. The molecule has 88 valence electrons. The van der Waals surface area contributed by atoms with E-state index in [-0.39, 0.29) is 6.04 Å². The second kappa shape index (κ2) is 4.01. The van der Waals surface area contributed by atoms with Crippen LogP contribution in [0, 0.1) is 11.8 Å². The number of hydrogen-bond donors (Lipinski definition) is 2. The third-order valence-electron chi connectivity index (χ3n) is 3.42. The molecule has 6 heteroatoms. The van der Waals surface area contributed by atoms with Gasteiger partial charge in [-0.3, -0.25) is 0 Å². The average molecular weight is 233 g/mol. The van der Waals surface area contributed by atoms with Crippen LogP contribution in [0.3, 0.4) is 0 Å². The van der Waals surface area contributed by atoms with Crippen LogP contribution < -0.4 is 10.0 Å². The van der Waals surface area contributed by atoms with Crippen LogP contribution in [0.4, 0.5) is 0 Å². The van der Waals surface area contributed by atoms with Crippen LogP contribution in [0.2, 0.25) is 0 Å². The smallest absolute Gasteiger partial charge is 0.279 e. The fourth-order valence-corrected chi connectivity index (χ4v) is 3.93. The van der Waals surface area contributed by atoms with Gasteiger partial charge in [-0.25, -0.2) is 0 Å². The first kappa shape index (κ1) is 11.3. The minimum atomic E-state index is -3.25. The van der Waals surface area contributed by atoms with Crippen molar-refractivity contribution < 1.29 is 8.42 Å². The van der Waals surface area contributed by atoms with Gasteiger partial charge in [0.2, 0.25) is 0 Å². The lowest BCUT2D eigenvalue weighted by Gasteiger charge is -2.19. The summed E-state index contributed by atoms with van der Waals surface area (Å²) in [5, 5.41) is 3.25. The molecule has 15 heavy (non-hydrogen) atoms. The van der Waals surface area contributed by atoms with Crippen LogP contribution in [0.15, 0.2) is 0 Å². The fraction of sp³-hybridized carbons (Fsp3) is 1.00. The Hall–Kier alpha value is -0.170. The normalized spacial score (nSPS) is 34.5. The zero-order valence-corrected chi connectivity index (χ0v) is 10.0. The molecule has 2 aliphatic rings. The first-order chi connectivity index (χ1) is 7.10. The number of rotatable bonds is 5. The summed E-state index contributed by atoms with van der Waals surface area (Å²) in [5.41, 5.74) is 0. The number of fused-ring (bicyclic) bond motifs is 1. The Morgan fingerprint density at radius 3 is 2.27 bits per heavy atom. The van der Waals surface area contributed by atoms with Crippen molar-refractivity contribution in [2.75, 3.05) is 26.2 Å². The van der Waals surface area contributed by atoms with Crippen LogP contribution in [0.25, 0.3) is 0 Å². The highest BCUT2D eigenvalue weighted by Crippen LogP contribution is 2.42. The fourth-order valence-electron chi connectivity index (χ4n) is 2.40. The Morgan fingerprint density at radius 1 is 1.27 bits per heavy atom. The van der Waals surface area contributed by atoms with Crippen molar-refractivity contribution in [3.63, 3.8) is 0 Å². The summed E-state index contributed by atoms with van der Waals surface area (Å²) in [7, 11) is -3.25. The molecular weight excluding hydrogens is 214 g/mol. The molecule has 0 spiro atoms. The molecule has 2 N–H and O–H groups in total. The van der Waals surface area contributed by atoms with Crippen LogP contribution in [-0.2, 0) is 10.2 Å². The van der Waals surface area contributed by atoms with Gasteiger partial charge in [-0.15, -0.1) is 0 Å². The summed E-state index contributed by atoms with van der Waals surface area (Å²) in [4.78, 5) is 0. The second-order valence-corrected chi connectivity index (χ2v) is 5.92. The maximum Gasteiger partial charge on any atom is 0.279 e. The Kier molecular flexibility index (Phi) is 3.03. The molecule has 1 heterocycles. The number of nitrogens with zero attached hydrogens (tertiary/aromatic N) is 1. The lowest BCUT2D eigenvalue weighted by atomic mass is 10.4. The third kappa shape index (κ3) is 2.04. The Morgan fingerprint density at radius 2 is 1.80 bits per heavy atom. The quantitative estimate of drug-likeness (QED) is 0.665. The van der Waals surface area contributed by atoms with Crippen LogP contribution in [0.1, 0.15) is 13.8 Å². The molecule has 5 nitrogen and oxygen atoms in total. The summed E-state index contributed by atoms with van der Waals surface area (Å²) >= 11 is 0. The Labute approximate surface area is 91.4 Å². The molecule has 2 fully saturated rings. The van der Waals surface area contributed by atoms with Crippen molar-refractivity contribution in [1.82, 2.24) is 14.3 Å². The van der Waals surface area contributed by atoms with Crippen LogP contribution >= 0.6 is 0 Å². The minimum absolute atomic E-state index is 0.178. The molecule has 1 saturated heterocycles. The van der Waals surface area contributed by atoms with E-state index >= 15 is 0 Å². The molecule has 0 aromatic rings. The molecule has 1 saturated carbocycles. The Bertz CT molecular complexity index is 316. The topological polar surface area (TPSA) is 61.4 Å². The second-order valence-electron chi connectivity index (χ2n) is 4.22. The van der Waals surface area contributed by atoms with E-state index in [1.165, 1.54) is 4.31 Å². The van der Waals surface area contributed by atoms with E-state index in [0.717, 1.165) is 13.1 Å². The first-order valence-corrected chi connectivity index (χ1v) is 7.02. The van der Waals surface area contributed by atoms with Crippen molar-refractivity contribution >= 4 is 10.2 Å². The van der Waals surface area contributed by atoms with E-state index in [9.17, 15) is 8.42 Å². The van der Waals surface area contributed by atoms with Gasteiger partial charge in [-0.05, 0) is 24.9 Å². The molecule has 0 radical (unpaired) electrons. The maximum absolute atomic E-state index is 11.9. The van der Waals surface area contributed by atoms with Crippen molar-refractivity contribution in [2.45, 2.75) is 19.9 Å². The van der Waals surface area contributed by atoms with Crippen molar-refractivity contribution in [1.29, 1.82) is 0 Å². The highest BCUT2D eigenvalue weighted by Gasteiger charge is 2.54. The van der Waals surface area contributed by atoms with Gasteiger partial charge in [0, 0.05) is 19.1 Å². The van der Waals surface area contributed by atoms with Gasteiger partial charge in [0.15, 0.2) is 0 Å². The molecule has 2 rings (SSSR count). The number of piperidine rings is 1. The lowest BCUT2D eigenvalue weighted by molar-refractivity contribution is 0.430. The highest BCUT2D eigenvalue weighted by atomic mass is 32.2. The van der Waals surface area contributed by atoms with E-state index in [2.05, 4.69) is 10.0 Å². The number of hydrogen-bond acceptors (Lipinski definition) is 3. The predicted octanol–water partition coefficient (Wildman–Crippen LogP) is -0.620. The summed E-state index contributed by atoms with van der Waals surface area (Å²) in [6.45, 7) is 6.69. The summed E-state index contributed by atoms with van der Waals surface area (Å²) in [6, 6.07) is 0.178. The summed E-state index contributed by atoms with van der Waals surface area (Å²) in [5.74, 6) is 1.05. The van der Waals surface area contributed by atoms with Gasteiger partial charge in [0.1, 0.15) is 0 Å². The van der Waals surface area contributed by atoms with Crippen molar-refractivity contribution in [2.24, 2.45) is 11.8 Å². The third-order valence-corrected chi connectivity index (χ3v) is 5.19. The van der Waals surface area contributed by atoms with E-state index in [1.54, 1.807) is 0 Å².